The van der Waals surface area contributed by atoms with Gasteiger partial charge in [-0.2, -0.15) is 0 Å². The van der Waals surface area contributed by atoms with Crippen LogP contribution in [0.5, 0.6) is 11.5 Å². The van der Waals surface area contributed by atoms with Crippen LogP contribution < -0.4 is 14.8 Å². The molecule has 0 saturated carbocycles. The highest BCUT2D eigenvalue weighted by Gasteiger charge is 2.37. The SMILES string of the molecule is O=C1CC(c2ccc(CNCCc3ccc(Oc4ccccc4)cc3)cc2)S(=O)(=O)N1. The van der Waals surface area contributed by atoms with Crippen molar-refractivity contribution in [2.45, 2.75) is 24.6 Å². The van der Waals surface area contributed by atoms with Crippen LogP contribution in [-0.4, -0.2) is 20.9 Å². The Labute approximate surface area is 182 Å². The Morgan fingerprint density at radius 3 is 2.16 bits per heavy atom. The Kier molecular flexibility index (Phi) is 6.34. The van der Waals surface area contributed by atoms with Gasteiger partial charge in [-0.15, -0.1) is 0 Å². The summed E-state index contributed by atoms with van der Waals surface area (Å²) in [6, 6.07) is 25.1. The van der Waals surface area contributed by atoms with Gasteiger partial charge in [0, 0.05) is 6.54 Å². The second-order valence-electron chi connectivity index (χ2n) is 7.49. The highest BCUT2D eigenvalue weighted by molar-refractivity contribution is 7.90. The van der Waals surface area contributed by atoms with Crippen molar-refractivity contribution in [3.05, 3.63) is 95.6 Å². The predicted molar refractivity (Wildman–Crippen MR) is 119 cm³/mol. The number of rotatable bonds is 8. The Bertz CT molecular complexity index is 1130. The molecule has 3 aromatic rings. The molecule has 31 heavy (non-hydrogen) atoms. The van der Waals surface area contributed by atoms with E-state index in [1.54, 1.807) is 12.1 Å². The standard InChI is InChI=1S/C24H24N2O4S/c27-24-16-23(31(28,29)26-24)20-10-6-19(7-11-20)17-25-15-14-18-8-12-22(13-9-18)30-21-4-2-1-3-5-21/h1-13,23,25H,14-17H2,(H,26,27). The van der Waals surface area contributed by atoms with Crippen molar-refractivity contribution in [2.24, 2.45) is 0 Å². The molecule has 0 aromatic heterocycles. The van der Waals surface area contributed by atoms with Crippen LogP contribution in [0.4, 0.5) is 0 Å². The number of carbonyl (C=O) groups excluding carboxylic acids is 1. The minimum atomic E-state index is -3.60. The van der Waals surface area contributed by atoms with Gasteiger partial charge in [0.25, 0.3) is 0 Å². The molecule has 0 aliphatic carbocycles. The highest BCUT2D eigenvalue weighted by Crippen LogP contribution is 2.30. The molecule has 0 bridgehead atoms. The van der Waals surface area contributed by atoms with E-state index in [1.807, 2.05) is 59.3 Å². The van der Waals surface area contributed by atoms with E-state index in [0.29, 0.717) is 12.1 Å². The van der Waals surface area contributed by atoms with E-state index < -0.39 is 21.2 Å². The fourth-order valence-electron chi connectivity index (χ4n) is 3.51. The second kappa shape index (κ2) is 9.32. The maximum Gasteiger partial charge on any atom is 0.242 e. The molecular formula is C24H24N2O4S. The Balaban J connectivity index is 1.23. The van der Waals surface area contributed by atoms with Gasteiger partial charge in [-0.05, 0) is 53.9 Å². The van der Waals surface area contributed by atoms with Crippen molar-refractivity contribution in [2.75, 3.05) is 6.54 Å². The molecule has 1 aliphatic heterocycles. The molecule has 3 aromatic carbocycles. The molecule has 0 spiro atoms. The lowest BCUT2D eigenvalue weighted by molar-refractivity contribution is -0.118. The zero-order valence-corrected chi connectivity index (χ0v) is 17.8. The maximum absolute atomic E-state index is 12.0. The number of carbonyl (C=O) groups is 1. The molecule has 7 heteroatoms. The number of hydrogen-bond acceptors (Lipinski definition) is 5. The molecule has 160 valence electrons. The number of ether oxygens (including phenoxy) is 1. The predicted octanol–water partition coefficient (Wildman–Crippen LogP) is 3.70. The topological polar surface area (TPSA) is 84.5 Å². The smallest absolute Gasteiger partial charge is 0.242 e. The number of benzene rings is 3. The first-order valence-corrected chi connectivity index (χ1v) is 11.7. The van der Waals surface area contributed by atoms with Gasteiger partial charge in [0.1, 0.15) is 16.7 Å². The summed E-state index contributed by atoms with van der Waals surface area (Å²) in [7, 11) is -3.60. The molecule has 1 unspecified atom stereocenters. The van der Waals surface area contributed by atoms with Crippen molar-refractivity contribution in [3.8, 4) is 11.5 Å². The molecule has 1 atom stereocenters. The summed E-state index contributed by atoms with van der Waals surface area (Å²) in [6.07, 6.45) is 0.868. The third-order valence-corrected chi connectivity index (χ3v) is 6.87. The van der Waals surface area contributed by atoms with Crippen LogP contribution in [-0.2, 0) is 27.8 Å². The molecule has 0 radical (unpaired) electrons. The monoisotopic (exact) mass is 436 g/mol. The van der Waals surface area contributed by atoms with Gasteiger partial charge in [-0.3, -0.25) is 9.52 Å². The lowest BCUT2D eigenvalue weighted by atomic mass is 10.1. The van der Waals surface area contributed by atoms with Crippen LogP contribution >= 0.6 is 0 Å². The quantitative estimate of drug-likeness (QED) is 0.526. The van der Waals surface area contributed by atoms with Gasteiger partial charge in [-0.25, -0.2) is 8.42 Å². The third-order valence-electron chi connectivity index (χ3n) is 5.17. The van der Waals surface area contributed by atoms with Crippen LogP contribution in [0.25, 0.3) is 0 Å². The summed E-state index contributed by atoms with van der Waals surface area (Å²) in [5, 5.41) is 2.61. The van der Waals surface area contributed by atoms with Gasteiger partial charge in [0.2, 0.25) is 15.9 Å². The third kappa shape index (κ3) is 5.51. The summed E-state index contributed by atoms with van der Waals surface area (Å²) in [6.45, 7) is 1.50. The van der Waals surface area contributed by atoms with Gasteiger partial charge in [0.05, 0.1) is 6.42 Å². The van der Waals surface area contributed by atoms with Crippen molar-refractivity contribution in [1.29, 1.82) is 0 Å². The molecule has 1 heterocycles. The molecule has 1 amide bonds. The summed E-state index contributed by atoms with van der Waals surface area (Å²) < 4.78 is 31.8. The van der Waals surface area contributed by atoms with Gasteiger partial charge < -0.3 is 10.1 Å². The fourth-order valence-corrected chi connectivity index (χ4v) is 4.94. The highest BCUT2D eigenvalue weighted by atomic mass is 32.2. The second-order valence-corrected chi connectivity index (χ2v) is 9.35. The van der Waals surface area contributed by atoms with Gasteiger partial charge in [0.15, 0.2) is 0 Å². The Hall–Kier alpha value is -3.16. The number of amides is 1. The fraction of sp³-hybridized carbons (Fsp3) is 0.208. The summed E-state index contributed by atoms with van der Waals surface area (Å²) in [5.74, 6) is 1.18. The van der Waals surface area contributed by atoms with E-state index in [4.69, 9.17) is 4.74 Å². The Morgan fingerprint density at radius 2 is 1.52 bits per heavy atom. The molecule has 6 nitrogen and oxygen atoms in total. The molecule has 4 rings (SSSR count). The number of para-hydroxylation sites is 1. The van der Waals surface area contributed by atoms with E-state index in [1.165, 1.54) is 5.56 Å². The van der Waals surface area contributed by atoms with Crippen LogP contribution in [0.2, 0.25) is 0 Å². The van der Waals surface area contributed by atoms with Crippen LogP contribution in [0.3, 0.4) is 0 Å². The first-order chi connectivity index (χ1) is 15.0. The van der Waals surface area contributed by atoms with E-state index in [9.17, 15) is 13.2 Å². The number of sulfonamides is 1. The molecule has 1 aliphatic rings. The van der Waals surface area contributed by atoms with E-state index in [0.717, 1.165) is 30.0 Å². The summed E-state index contributed by atoms with van der Waals surface area (Å²) in [5.41, 5.74) is 2.91. The van der Waals surface area contributed by atoms with Crippen LogP contribution in [0.1, 0.15) is 28.4 Å². The molecule has 2 N–H and O–H groups in total. The first kappa shape index (κ1) is 21.1. The van der Waals surface area contributed by atoms with Crippen LogP contribution in [0, 0.1) is 0 Å². The van der Waals surface area contributed by atoms with Crippen molar-refractivity contribution in [1.82, 2.24) is 10.0 Å². The number of hydrogen-bond donors (Lipinski definition) is 2. The van der Waals surface area contributed by atoms with Crippen molar-refractivity contribution in [3.63, 3.8) is 0 Å². The normalized spacial score (nSPS) is 17.3. The van der Waals surface area contributed by atoms with E-state index in [2.05, 4.69) is 17.4 Å². The summed E-state index contributed by atoms with van der Waals surface area (Å²) >= 11 is 0. The first-order valence-electron chi connectivity index (χ1n) is 10.2. The van der Waals surface area contributed by atoms with Crippen LogP contribution in [0.15, 0.2) is 78.9 Å². The minimum Gasteiger partial charge on any atom is -0.457 e. The average Bonchev–Trinajstić information content (AvgIpc) is 3.05. The molecular weight excluding hydrogens is 412 g/mol. The maximum atomic E-state index is 12.0. The Morgan fingerprint density at radius 1 is 0.871 bits per heavy atom. The largest absolute Gasteiger partial charge is 0.457 e. The lowest BCUT2D eigenvalue weighted by Gasteiger charge is -2.10. The van der Waals surface area contributed by atoms with Gasteiger partial charge in [-0.1, -0.05) is 54.6 Å². The summed E-state index contributed by atoms with van der Waals surface area (Å²) in [4.78, 5) is 11.4. The minimum absolute atomic E-state index is 0.0187. The lowest BCUT2D eigenvalue weighted by Crippen LogP contribution is -2.21. The zero-order chi connectivity index (χ0) is 21.7. The van der Waals surface area contributed by atoms with Gasteiger partial charge >= 0.3 is 0 Å². The van der Waals surface area contributed by atoms with E-state index in [-0.39, 0.29) is 6.42 Å². The molecule has 1 saturated heterocycles. The zero-order valence-electron chi connectivity index (χ0n) is 17.0. The van der Waals surface area contributed by atoms with Crippen molar-refractivity contribution >= 4 is 15.9 Å². The van der Waals surface area contributed by atoms with Crippen molar-refractivity contribution < 1.29 is 17.9 Å². The average molecular weight is 437 g/mol. The molecule has 1 fully saturated rings. The number of nitrogens with one attached hydrogen (secondary N) is 2. The van der Waals surface area contributed by atoms with E-state index >= 15 is 0 Å².